The molecule has 35 heavy (non-hydrogen) atoms. The Balaban J connectivity index is 1.82. The summed E-state index contributed by atoms with van der Waals surface area (Å²) in [5, 5.41) is 17.1. The Kier molecular flexibility index (Phi) is 8.42. The Labute approximate surface area is 200 Å². The Hall–Kier alpha value is -3.93. The second kappa shape index (κ2) is 11.5. The van der Waals surface area contributed by atoms with Crippen molar-refractivity contribution in [1.29, 1.82) is 0 Å². The zero-order valence-electron chi connectivity index (χ0n) is 19.2. The fourth-order valence-electron chi connectivity index (χ4n) is 3.14. The summed E-state index contributed by atoms with van der Waals surface area (Å²) in [6.45, 7) is 1.78. The summed E-state index contributed by atoms with van der Waals surface area (Å²) in [7, 11) is 3.93. The first-order valence-corrected chi connectivity index (χ1v) is 10.7. The summed E-state index contributed by atoms with van der Waals surface area (Å²) in [5.74, 6) is 0.398. The van der Waals surface area contributed by atoms with Crippen LogP contribution in [0, 0.1) is 10.1 Å². The van der Waals surface area contributed by atoms with Gasteiger partial charge in [-0.3, -0.25) is 10.1 Å². The molecule has 0 aliphatic heterocycles. The minimum atomic E-state index is -4.80. The number of hydrogen-bond donors (Lipinski definition) is 2. The SMILES string of the molecule is CN(C)CCCNc1nc(NCc2ccc([N+](=O)[O-])cc2)cc(-c2cccc(OC(F)(F)F)c2)n1. The van der Waals surface area contributed by atoms with E-state index in [1.54, 1.807) is 24.3 Å². The lowest BCUT2D eigenvalue weighted by molar-refractivity contribution is -0.384. The summed E-state index contributed by atoms with van der Waals surface area (Å²) in [6.07, 6.45) is -3.97. The van der Waals surface area contributed by atoms with Crippen molar-refractivity contribution in [3.8, 4) is 17.0 Å². The third-order valence-electron chi connectivity index (χ3n) is 4.78. The van der Waals surface area contributed by atoms with Crippen LogP contribution in [-0.2, 0) is 6.54 Å². The molecule has 1 heterocycles. The van der Waals surface area contributed by atoms with Crippen LogP contribution in [0.1, 0.15) is 12.0 Å². The average Bonchev–Trinajstić information content (AvgIpc) is 2.79. The first-order chi connectivity index (χ1) is 16.6. The topological polar surface area (TPSA) is 105 Å². The number of halogens is 3. The fourth-order valence-corrected chi connectivity index (χ4v) is 3.14. The Bertz CT molecular complexity index is 1140. The number of rotatable bonds is 11. The van der Waals surface area contributed by atoms with Gasteiger partial charge in [0.05, 0.1) is 10.6 Å². The Morgan fingerprint density at radius 2 is 1.80 bits per heavy atom. The average molecular weight is 490 g/mol. The quantitative estimate of drug-likeness (QED) is 0.222. The minimum absolute atomic E-state index is 0.0109. The number of anilines is 2. The molecule has 3 rings (SSSR count). The first kappa shape index (κ1) is 25.7. The predicted molar refractivity (Wildman–Crippen MR) is 126 cm³/mol. The van der Waals surface area contributed by atoms with Crippen LogP contribution in [0.4, 0.5) is 30.6 Å². The lowest BCUT2D eigenvalue weighted by Gasteiger charge is -2.14. The number of nitro groups is 1. The number of nitrogens with one attached hydrogen (secondary N) is 2. The maximum atomic E-state index is 12.7. The molecule has 0 spiro atoms. The molecule has 1 aromatic heterocycles. The van der Waals surface area contributed by atoms with Gasteiger partial charge in [0, 0.05) is 36.9 Å². The van der Waals surface area contributed by atoms with Crippen LogP contribution in [0.2, 0.25) is 0 Å². The summed E-state index contributed by atoms with van der Waals surface area (Å²) < 4.78 is 42.0. The second-order valence-corrected chi connectivity index (χ2v) is 7.90. The van der Waals surface area contributed by atoms with Crippen molar-refractivity contribution in [2.75, 3.05) is 37.8 Å². The summed E-state index contributed by atoms with van der Waals surface area (Å²) >= 11 is 0. The van der Waals surface area contributed by atoms with Crippen molar-refractivity contribution in [1.82, 2.24) is 14.9 Å². The molecular formula is C23H25F3N6O3. The lowest BCUT2D eigenvalue weighted by Crippen LogP contribution is -2.17. The maximum absolute atomic E-state index is 12.7. The molecule has 2 aromatic carbocycles. The van der Waals surface area contributed by atoms with Crippen molar-refractivity contribution in [3.63, 3.8) is 0 Å². The van der Waals surface area contributed by atoms with Gasteiger partial charge < -0.3 is 20.3 Å². The zero-order valence-corrected chi connectivity index (χ0v) is 19.2. The Morgan fingerprint density at radius 3 is 2.46 bits per heavy atom. The molecule has 0 unspecified atom stereocenters. The summed E-state index contributed by atoms with van der Waals surface area (Å²) in [6, 6.07) is 13.2. The molecule has 0 radical (unpaired) electrons. The highest BCUT2D eigenvalue weighted by Gasteiger charge is 2.31. The number of alkyl halides is 3. The van der Waals surface area contributed by atoms with E-state index in [0.29, 0.717) is 36.1 Å². The number of nitro benzene ring substituents is 1. The largest absolute Gasteiger partial charge is 0.573 e. The standard InChI is InChI=1S/C23H25F3N6O3/c1-31(2)12-4-11-27-22-29-20(17-5-3-6-19(13-17)35-23(24,25)26)14-21(30-22)28-15-16-7-9-18(10-8-16)32(33)34/h3,5-10,13-14H,4,11-12,15H2,1-2H3,(H2,27,28,29,30). The molecule has 12 heteroatoms. The molecular weight excluding hydrogens is 465 g/mol. The molecule has 0 aliphatic carbocycles. The summed E-state index contributed by atoms with van der Waals surface area (Å²) in [5.41, 5.74) is 1.60. The van der Waals surface area contributed by atoms with Gasteiger partial charge in [0.1, 0.15) is 11.6 Å². The highest BCUT2D eigenvalue weighted by Crippen LogP contribution is 2.28. The van der Waals surface area contributed by atoms with Crippen molar-refractivity contribution < 1.29 is 22.8 Å². The lowest BCUT2D eigenvalue weighted by atomic mass is 10.1. The number of non-ortho nitro benzene ring substituents is 1. The van der Waals surface area contributed by atoms with Crippen molar-refractivity contribution in [2.24, 2.45) is 0 Å². The zero-order chi connectivity index (χ0) is 25.4. The van der Waals surface area contributed by atoms with Gasteiger partial charge in [-0.05, 0) is 44.8 Å². The molecule has 0 fully saturated rings. The number of benzene rings is 2. The van der Waals surface area contributed by atoms with E-state index in [1.165, 1.54) is 30.3 Å². The van der Waals surface area contributed by atoms with Gasteiger partial charge in [-0.2, -0.15) is 4.98 Å². The molecule has 3 aromatic rings. The van der Waals surface area contributed by atoms with Crippen molar-refractivity contribution in [3.05, 3.63) is 70.3 Å². The Morgan fingerprint density at radius 1 is 1.06 bits per heavy atom. The van der Waals surface area contributed by atoms with E-state index >= 15 is 0 Å². The van der Waals surface area contributed by atoms with E-state index in [2.05, 4.69) is 25.3 Å². The van der Waals surface area contributed by atoms with E-state index < -0.39 is 11.3 Å². The van der Waals surface area contributed by atoms with E-state index in [4.69, 9.17) is 0 Å². The van der Waals surface area contributed by atoms with Gasteiger partial charge in [-0.15, -0.1) is 13.2 Å². The third-order valence-corrected chi connectivity index (χ3v) is 4.78. The second-order valence-electron chi connectivity index (χ2n) is 7.90. The van der Waals surface area contributed by atoms with Crippen LogP contribution < -0.4 is 15.4 Å². The highest BCUT2D eigenvalue weighted by molar-refractivity contribution is 5.66. The highest BCUT2D eigenvalue weighted by atomic mass is 19.4. The number of ether oxygens (including phenoxy) is 1. The molecule has 186 valence electrons. The molecule has 0 atom stereocenters. The van der Waals surface area contributed by atoms with Crippen LogP contribution in [0.25, 0.3) is 11.3 Å². The normalized spacial score (nSPS) is 11.4. The minimum Gasteiger partial charge on any atom is -0.406 e. The van der Waals surface area contributed by atoms with E-state index in [1.807, 2.05) is 19.0 Å². The van der Waals surface area contributed by atoms with Crippen LogP contribution in [0.3, 0.4) is 0 Å². The monoisotopic (exact) mass is 490 g/mol. The molecule has 2 N–H and O–H groups in total. The van der Waals surface area contributed by atoms with Crippen molar-refractivity contribution in [2.45, 2.75) is 19.3 Å². The van der Waals surface area contributed by atoms with Gasteiger partial charge in [0.25, 0.3) is 5.69 Å². The fraction of sp³-hybridized carbons (Fsp3) is 0.304. The molecule has 0 bridgehead atoms. The van der Waals surface area contributed by atoms with Gasteiger partial charge in [0.15, 0.2) is 0 Å². The van der Waals surface area contributed by atoms with E-state index in [-0.39, 0.29) is 11.4 Å². The maximum Gasteiger partial charge on any atom is 0.573 e. The number of aromatic nitrogens is 2. The number of hydrogen-bond acceptors (Lipinski definition) is 8. The van der Waals surface area contributed by atoms with Crippen LogP contribution in [-0.4, -0.2) is 53.3 Å². The van der Waals surface area contributed by atoms with Gasteiger partial charge in [0.2, 0.25) is 5.95 Å². The predicted octanol–water partition coefficient (Wildman–Crippen LogP) is 4.93. The molecule has 0 saturated carbocycles. The molecule has 9 nitrogen and oxygen atoms in total. The summed E-state index contributed by atoms with van der Waals surface area (Å²) in [4.78, 5) is 21.3. The van der Waals surface area contributed by atoms with Gasteiger partial charge in [-0.1, -0.05) is 24.3 Å². The van der Waals surface area contributed by atoms with Gasteiger partial charge >= 0.3 is 6.36 Å². The van der Waals surface area contributed by atoms with Crippen LogP contribution in [0.15, 0.2) is 54.6 Å². The van der Waals surface area contributed by atoms with E-state index in [9.17, 15) is 23.3 Å². The van der Waals surface area contributed by atoms with Crippen LogP contribution >= 0.6 is 0 Å². The first-order valence-electron chi connectivity index (χ1n) is 10.7. The number of nitrogens with zero attached hydrogens (tertiary/aromatic N) is 4. The molecule has 0 amide bonds. The van der Waals surface area contributed by atoms with Crippen LogP contribution in [0.5, 0.6) is 5.75 Å². The van der Waals surface area contributed by atoms with Gasteiger partial charge in [-0.25, -0.2) is 4.98 Å². The van der Waals surface area contributed by atoms with Crippen molar-refractivity contribution >= 4 is 17.5 Å². The smallest absolute Gasteiger partial charge is 0.406 e. The molecule has 0 aliphatic rings. The molecule has 0 saturated heterocycles. The van der Waals surface area contributed by atoms with E-state index in [0.717, 1.165) is 18.5 Å². The third kappa shape index (κ3) is 8.41.